The monoisotopic (exact) mass is 219 g/mol. The molecule has 3 nitrogen and oxygen atoms in total. The minimum absolute atomic E-state index is 0.246. The van der Waals surface area contributed by atoms with Gasteiger partial charge in [0, 0.05) is 6.04 Å². The summed E-state index contributed by atoms with van der Waals surface area (Å²) in [7, 11) is 1.39. The van der Waals surface area contributed by atoms with Gasteiger partial charge in [0.25, 0.3) is 0 Å². The number of hydrogen-bond acceptors (Lipinski definition) is 3. The summed E-state index contributed by atoms with van der Waals surface area (Å²) < 4.78 is 4.64. The Balaban J connectivity index is 2.15. The van der Waals surface area contributed by atoms with Crippen LogP contribution in [0.1, 0.15) is 42.3 Å². The van der Waals surface area contributed by atoms with Crippen molar-refractivity contribution in [3.63, 3.8) is 0 Å². The minimum atomic E-state index is -0.252. The first-order chi connectivity index (χ1) is 7.72. The fraction of sp³-hybridized carbons (Fsp3) is 0.462. The second-order valence-electron chi connectivity index (χ2n) is 4.29. The molecule has 0 spiro atoms. The first kappa shape index (κ1) is 11.1. The highest BCUT2D eigenvalue weighted by molar-refractivity contribution is 5.70. The Morgan fingerprint density at radius 3 is 2.81 bits per heavy atom. The van der Waals surface area contributed by atoms with E-state index in [1.807, 2.05) is 18.2 Å². The summed E-state index contributed by atoms with van der Waals surface area (Å²) in [5, 5.41) is 0. The minimum Gasteiger partial charge on any atom is -0.469 e. The Labute approximate surface area is 95.6 Å². The van der Waals surface area contributed by atoms with Crippen molar-refractivity contribution < 1.29 is 9.53 Å². The topological polar surface area (TPSA) is 52.3 Å². The van der Waals surface area contributed by atoms with Gasteiger partial charge in [-0.1, -0.05) is 24.3 Å². The number of hydrogen-bond donors (Lipinski definition) is 1. The lowest BCUT2D eigenvalue weighted by Crippen LogP contribution is -2.17. The van der Waals surface area contributed by atoms with Crippen molar-refractivity contribution in [3.05, 3.63) is 35.4 Å². The molecule has 1 saturated carbocycles. The van der Waals surface area contributed by atoms with E-state index in [9.17, 15) is 4.79 Å². The molecule has 1 aromatic carbocycles. The summed E-state index contributed by atoms with van der Waals surface area (Å²) in [5.41, 5.74) is 8.43. The molecule has 0 saturated heterocycles. The highest BCUT2D eigenvalue weighted by Crippen LogP contribution is 2.42. The van der Waals surface area contributed by atoms with E-state index < -0.39 is 0 Å². The van der Waals surface area contributed by atoms with Crippen LogP contribution in [-0.4, -0.2) is 13.1 Å². The van der Waals surface area contributed by atoms with Crippen molar-refractivity contribution in [2.45, 2.75) is 31.2 Å². The molecule has 2 rings (SSSR count). The van der Waals surface area contributed by atoms with Crippen LogP contribution in [0.2, 0.25) is 0 Å². The zero-order valence-corrected chi connectivity index (χ0v) is 9.48. The molecular formula is C13H17NO2. The molecule has 1 aromatic rings. The van der Waals surface area contributed by atoms with E-state index >= 15 is 0 Å². The predicted octanol–water partition coefficient (Wildman–Crippen LogP) is 2.13. The van der Waals surface area contributed by atoms with Crippen molar-refractivity contribution in [1.82, 2.24) is 0 Å². The van der Waals surface area contributed by atoms with Gasteiger partial charge < -0.3 is 10.5 Å². The average Bonchev–Trinajstić information content (AvgIpc) is 3.12. The predicted molar refractivity (Wildman–Crippen MR) is 62.0 cm³/mol. The summed E-state index contributed by atoms with van der Waals surface area (Å²) >= 11 is 0. The second kappa shape index (κ2) is 4.66. The largest absolute Gasteiger partial charge is 0.469 e. The number of carbonyl (C=O) groups is 1. The number of carbonyl (C=O) groups excluding carboxylic acids is 1. The Morgan fingerprint density at radius 1 is 1.50 bits per heavy atom. The lowest BCUT2D eigenvalue weighted by molar-refractivity contribution is -0.141. The third kappa shape index (κ3) is 2.42. The number of ether oxygens (including phenoxy) is 1. The molecule has 0 radical (unpaired) electrons. The van der Waals surface area contributed by atoms with Crippen LogP contribution in [0, 0.1) is 0 Å². The maximum atomic E-state index is 11.2. The van der Waals surface area contributed by atoms with Crippen molar-refractivity contribution in [1.29, 1.82) is 0 Å². The van der Waals surface area contributed by atoms with E-state index in [4.69, 9.17) is 5.73 Å². The molecule has 0 aliphatic heterocycles. The van der Waals surface area contributed by atoms with E-state index in [2.05, 4.69) is 10.8 Å². The van der Waals surface area contributed by atoms with E-state index in [-0.39, 0.29) is 18.4 Å². The molecule has 0 amide bonds. The van der Waals surface area contributed by atoms with Crippen LogP contribution in [-0.2, 0) is 9.53 Å². The Kier molecular flexibility index (Phi) is 3.25. The van der Waals surface area contributed by atoms with E-state index in [0.717, 1.165) is 5.56 Å². The normalized spacial score (nSPS) is 16.9. The molecule has 0 unspecified atom stereocenters. The number of esters is 1. The van der Waals surface area contributed by atoms with Crippen LogP contribution < -0.4 is 5.73 Å². The molecule has 1 fully saturated rings. The van der Waals surface area contributed by atoms with Crippen molar-refractivity contribution in [2.75, 3.05) is 7.11 Å². The molecule has 3 heteroatoms. The lowest BCUT2D eigenvalue weighted by Gasteiger charge is -2.15. The van der Waals surface area contributed by atoms with E-state index in [0.29, 0.717) is 5.92 Å². The van der Waals surface area contributed by atoms with Gasteiger partial charge >= 0.3 is 5.97 Å². The Bertz CT molecular complexity index is 385. The molecule has 1 aliphatic carbocycles. The molecule has 1 aliphatic rings. The van der Waals surface area contributed by atoms with Crippen LogP contribution in [0.5, 0.6) is 0 Å². The number of methoxy groups -OCH3 is 1. The maximum absolute atomic E-state index is 11.2. The molecule has 0 heterocycles. The van der Waals surface area contributed by atoms with Gasteiger partial charge in [0.1, 0.15) is 0 Å². The van der Waals surface area contributed by atoms with Crippen LogP contribution in [0.4, 0.5) is 0 Å². The van der Waals surface area contributed by atoms with Crippen LogP contribution in [0.25, 0.3) is 0 Å². The zero-order chi connectivity index (χ0) is 11.5. The molecule has 2 N–H and O–H groups in total. The third-order valence-corrected chi connectivity index (χ3v) is 3.03. The summed E-state index contributed by atoms with van der Waals surface area (Å²) in [6.45, 7) is 0. The van der Waals surface area contributed by atoms with E-state index in [1.165, 1.54) is 25.5 Å². The number of benzene rings is 1. The highest BCUT2D eigenvalue weighted by Gasteiger charge is 2.27. The van der Waals surface area contributed by atoms with Crippen molar-refractivity contribution in [2.24, 2.45) is 5.73 Å². The highest BCUT2D eigenvalue weighted by atomic mass is 16.5. The summed E-state index contributed by atoms with van der Waals surface area (Å²) in [6, 6.07) is 7.88. The Hall–Kier alpha value is -1.35. The third-order valence-electron chi connectivity index (χ3n) is 3.03. The van der Waals surface area contributed by atoms with Crippen molar-refractivity contribution >= 4 is 5.97 Å². The molecule has 16 heavy (non-hydrogen) atoms. The van der Waals surface area contributed by atoms with Crippen LogP contribution >= 0.6 is 0 Å². The fourth-order valence-corrected chi connectivity index (χ4v) is 1.99. The van der Waals surface area contributed by atoms with Gasteiger partial charge in [-0.25, -0.2) is 0 Å². The van der Waals surface area contributed by atoms with Gasteiger partial charge in [0.15, 0.2) is 0 Å². The second-order valence-corrected chi connectivity index (χ2v) is 4.29. The molecule has 0 bridgehead atoms. The molecule has 86 valence electrons. The molecular weight excluding hydrogens is 202 g/mol. The van der Waals surface area contributed by atoms with Crippen LogP contribution in [0.15, 0.2) is 24.3 Å². The van der Waals surface area contributed by atoms with Gasteiger partial charge in [-0.05, 0) is 29.9 Å². The number of rotatable bonds is 4. The van der Waals surface area contributed by atoms with Gasteiger partial charge in [-0.3, -0.25) is 4.79 Å². The van der Waals surface area contributed by atoms with Crippen LogP contribution in [0.3, 0.4) is 0 Å². The van der Waals surface area contributed by atoms with Gasteiger partial charge in [0.05, 0.1) is 13.5 Å². The average molecular weight is 219 g/mol. The van der Waals surface area contributed by atoms with Crippen molar-refractivity contribution in [3.8, 4) is 0 Å². The van der Waals surface area contributed by atoms with Gasteiger partial charge in [0.2, 0.25) is 0 Å². The van der Waals surface area contributed by atoms with Gasteiger partial charge in [-0.2, -0.15) is 0 Å². The lowest BCUT2D eigenvalue weighted by atomic mass is 9.96. The van der Waals surface area contributed by atoms with Gasteiger partial charge in [-0.15, -0.1) is 0 Å². The quantitative estimate of drug-likeness (QED) is 0.789. The SMILES string of the molecule is COC(=O)C[C@@H](N)c1ccccc1C1CC1. The Morgan fingerprint density at radius 2 is 2.19 bits per heavy atom. The standard InChI is InChI=1S/C13H17NO2/c1-16-13(15)8-12(14)11-5-3-2-4-10(11)9-6-7-9/h2-5,9,12H,6-8,14H2,1H3/t12-/m1/s1. The maximum Gasteiger partial charge on any atom is 0.307 e. The van der Waals surface area contributed by atoms with E-state index in [1.54, 1.807) is 0 Å². The first-order valence-corrected chi connectivity index (χ1v) is 5.63. The summed E-state index contributed by atoms with van der Waals surface area (Å²) in [6.07, 6.45) is 2.73. The smallest absolute Gasteiger partial charge is 0.307 e. The zero-order valence-electron chi connectivity index (χ0n) is 9.48. The fourth-order valence-electron chi connectivity index (χ4n) is 1.99. The molecule has 1 atom stereocenters. The first-order valence-electron chi connectivity index (χ1n) is 5.63. The number of nitrogens with two attached hydrogens (primary N) is 1. The summed E-state index contributed by atoms with van der Waals surface area (Å²) in [4.78, 5) is 11.2. The molecule has 0 aromatic heterocycles. The summed E-state index contributed by atoms with van der Waals surface area (Å²) in [5.74, 6) is 0.401.